The van der Waals surface area contributed by atoms with Crippen molar-refractivity contribution in [2.75, 3.05) is 26.2 Å². The number of nitrogens with zero attached hydrogens (tertiary/aromatic N) is 5. The van der Waals surface area contributed by atoms with Crippen LogP contribution < -0.4 is 5.32 Å². The smallest absolute Gasteiger partial charge is 0.278 e. The minimum atomic E-state index is -2.57. The van der Waals surface area contributed by atoms with Gasteiger partial charge in [0.2, 0.25) is 0 Å². The predicted octanol–water partition coefficient (Wildman–Crippen LogP) is 3.96. The van der Waals surface area contributed by atoms with Crippen molar-refractivity contribution in [2.45, 2.75) is 31.7 Å². The van der Waals surface area contributed by atoms with E-state index in [4.69, 9.17) is 4.99 Å². The molecule has 1 saturated heterocycles. The van der Waals surface area contributed by atoms with Gasteiger partial charge in [0.15, 0.2) is 0 Å². The Morgan fingerprint density at radius 2 is 2.06 bits per heavy atom. The van der Waals surface area contributed by atoms with Crippen LogP contribution in [-0.2, 0) is 6.54 Å². The molecule has 0 radical (unpaired) electrons. The first kappa shape index (κ1) is 20.7. The minimum absolute atomic E-state index is 0.130. The molecule has 2 fully saturated rings. The zero-order valence-electron chi connectivity index (χ0n) is 17.7. The number of hydrogen-bond acceptors (Lipinski definition) is 5. The highest BCUT2D eigenvalue weighted by Crippen LogP contribution is 2.43. The van der Waals surface area contributed by atoms with Crippen molar-refractivity contribution >= 4 is 29.3 Å². The SMILES string of the molecule is C=Nc1cncc(C2CC2)c1/C(=N\Cc1ccnc2[nH]c(C(F)F)cc12)N1CCNCC1. The quantitative estimate of drug-likeness (QED) is 0.452. The molecular weight excluding hydrogens is 412 g/mol. The van der Waals surface area contributed by atoms with Crippen molar-refractivity contribution < 1.29 is 8.78 Å². The number of pyridine rings is 2. The molecule has 0 spiro atoms. The molecular formula is C23H25F2N7. The maximum atomic E-state index is 13.2. The molecule has 5 rings (SSSR count). The fraction of sp³-hybridized carbons (Fsp3) is 0.391. The molecule has 0 bridgehead atoms. The average molecular weight is 437 g/mol. The van der Waals surface area contributed by atoms with Crippen LogP contribution in [0.15, 0.2) is 40.7 Å². The molecule has 3 aromatic rings. The van der Waals surface area contributed by atoms with Gasteiger partial charge in [0.05, 0.1) is 24.1 Å². The summed E-state index contributed by atoms with van der Waals surface area (Å²) in [5.41, 5.74) is 4.05. The molecule has 166 valence electrons. The zero-order valence-corrected chi connectivity index (χ0v) is 17.7. The molecule has 0 atom stereocenters. The number of nitrogens with one attached hydrogen (secondary N) is 2. The van der Waals surface area contributed by atoms with E-state index in [9.17, 15) is 8.78 Å². The van der Waals surface area contributed by atoms with Gasteiger partial charge in [-0.2, -0.15) is 0 Å². The van der Waals surface area contributed by atoms with Crippen molar-refractivity contribution in [1.82, 2.24) is 25.2 Å². The van der Waals surface area contributed by atoms with Crippen LogP contribution in [0.25, 0.3) is 11.0 Å². The first-order valence-corrected chi connectivity index (χ1v) is 10.9. The lowest BCUT2D eigenvalue weighted by Crippen LogP contribution is -2.47. The Morgan fingerprint density at radius 1 is 1.25 bits per heavy atom. The van der Waals surface area contributed by atoms with E-state index < -0.39 is 6.43 Å². The summed E-state index contributed by atoms with van der Waals surface area (Å²) < 4.78 is 26.4. The standard InChI is InChI=1S/C23H25F2N7/c1-26-19-13-28-12-17(14-2-3-14)20(19)23(32-8-6-27-7-9-32)30-11-15-4-5-29-22-16(15)10-18(31-22)21(24)25/h4-5,10,12-14,21,27H,1-3,6-9,11H2,(H,29,31)/b30-23+. The lowest BCUT2D eigenvalue weighted by molar-refractivity contribution is 0.147. The number of halogens is 2. The van der Waals surface area contributed by atoms with Crippen LogP contribution in [0.1, 0.15) is 47.6 Å². The average Bonchev–Trinajstić information content (AvgIpc) is 3.57. The van der Waals surface area contributed by atoms with E-state index in [0.29, 0.717) is 23.5 Å². The second-order valence-corrected chi connectivity index (χ2v) is 8.19. The minimum Gasteiger partial charge on any atom is -0.354 e. The number of hydrogen-bond donors (Lipinski definition) is 2. The summed E-state index contributed by atoms with van der Waals surface area (Å²) in [4.78, 5) is 22.9. The number of H-pyrrole nitrogens is 1. The number of piperazine rings is 1. The van der Waals surface area contributed by atoms with Crippen LogP contribution in [-0.4, -0.2) is 58.6 Å². The van der Waals surface area contributed by atoms with E-state index in [0.717, 1.165) is 67.2 Å². The van der Waals surface area contributed by atoms with Gasteiger partial charge in [-0.1, -0.05) is 0 Å². The molecule has 0 aromatic carbocycles. The Hall–Kier alpha value is -3.20. The van der Waals surface area contributed by atoms with Gasteiger partial charge < -0.3 is 15.2 Å². The highest BCUT2D eigenvalue weighted by atomic mass is 19.3. The second-order valence-electron chi connectivity index (χ2n) is 8.19. The maximum absolute atomic E-state index is 13.2. The van der Waals surface area contributed by atoms with E-state index >= 15 is 0 Å². The number of alkyl halides is 2. The highest BCUT2D eigenvalue weighted by Gasteiger charge is 2.31. The van der Waals surface area contributed by atoms with Crippen LogP contribution in [0, 0.1) is 0 Å². The second kappa shape index (κ2) is 8.74. The molecule has 3 aromatic heterocycles. The number of aromatic nitrogens is 3. The van der Waals surface area contributed by atoms with Crippen LogP contribution in [0.2, 0.25) is 0 Å². The Labute approximate surface area is 184 Å². The summed E-state index contributed by atoms with van der Waals surface area (Å²) >= 11 is 0. The Kier molecular flexibility index (Phi) is 5.65. The van der Waals surface area contributed by atoms with Crippen LogP contribution in [0.4, 0.5) is 14.5 Å². The third-order valence-corrected chi connectivity index (χ3v) is 6.06. The summed E-state index contributed by atoms with van der Waals surface area (Å²) in [5, 5.41) is 4.05. The van der Waals surface area contributed by atoms with Crippen molar-refractivity contribution in [1.29, 1.82) is 0 Å². The van der Waals surface area contributed by atoms with E-state index in [-0.39, 0.29) is 5.69 Å². The van der Waals surface area contributed by atoms with E-state index in [2.05, 4.69) is 36.9 Å². The summed E-state index contributed by atoms with van der Waals surface area (Å²) in [7, 11) is 0. The molecule has 2 N–H and O–H groups in total. The van der Waals surface area contributed by atoms with Crippen molar-refractivity contribution in [3.05, 3.63) is 53.1 Å². The monoisotopic (exact) mass is 437 g/mol. The maximum Gasteiger partial charge on any atom is 0.278 e. The molecule has 1 aliphatic carbocycles. The van der Waals surface area contributed by atoms with Gasteiger partial charge in [-0.3, -0.25) is 15.0 Å². The van der Waals surface area contributed by atoms with Crippen LogP contribution >= 0.6 is 0 Å². The number of aromatic amines is 1. The number of amidine groups is 1. The van der Waals surface area contributed by atoms with E-state index in [1.807, 2.05) is 12.3 Å². The lowest BCUT2D eigenvalue weighted by Gasteiger charge is -2.32. The summed E-state index contributed by atoms with van der Waals surface area (Å²) in [6.45, 7) is 7.50. The first-order valence-electron chi connectivity index (χ1n) is 10.9. The predicted molar refractivity (Wildman–Crippen MR) is 121 cm³/mol. The Bertz CT molecular complexity index is 1160. The third kappa shape index (κ3) is 4.00. The summed E-state index contributed by atoms with van der Waals surface area (Å²) in [6.07, 6.45) is 4.98. The molecule has 1 aliphatic heterocycles. The number of aliphatic imine (C=N–C) groups is 2. The van der Waals surface area contributed by atoms with E-state index in [1.54, 1.807) is 12.4 Å². The van der Waals surface area contributed by atoms with Gasteiger partial charge in [0.1, 0.15) is 11.5 Å². The number of fused-ring (bicyclic) bond motifs is 1. The molecule has 2 aliphatic rings. The summed E-state index contributed by atoms with van der Waals surface area (Å²) in [5.74, 6) is 1.34. The van der Waals surface area contributed by atoms with Gasteiger partial charge in [0, 0.05) is 49.5 Å². The van der Waals surface area contributed by atoms with Crippen LogP contribution in [0.3, 0.4) is 0 Å². The molecule has 9 heteroatoms. The molecule has 0 unspecified atom stereocenters. The largest absolute Gasteiger partial charge is 0.354 e. The topological polar surface area (TPSA) is 81.6 Å². The van der Waals surface area contributed by atoms with Gasteiger partial charge in [-0.05, 0) is 48.7 Å². The lowest BCUT2D eigenvalue weighted by atomic mass is 10.0. The van der Waals surface area contributed by atoms with Crippen molar-refractivity contribution in [3.8, 4) is 0 Å². The number of rotatable bonds is 6. The normalized spacial score (nSPS) is 17.3. The molecule has 7 nitrogen and oxygen atoms in total. The van der Waals surface area contributed by atoms with Crippen LogP contribution in [0.5, 0.6) is 0 Å². The fourth-order valence-electron chi connectivity index (χ4n) is 4.26. The van der Waals surface area contributed by atoms with Gasteiger partial charge in [0.25, 0.3) is 6.43 Å². The highest BCUT2D eigenvalue weighted by molar-refractivity contribution is 6.04. The zero-order chi connectivity index (χ0) is 22.1. The van der Waals surface area contributed by atoms with Crippen molar-refractivity contribution in [2.24, 2.45) is 9.98 Å². The van der Waals surface area contributed by atoms with Gasteiger partial charge in [-0.15, -0.1) is 0 Å². The first-order chi connectivity index (χ1) is 15.7. The van der Waals surface area contributed by atoms with Gasteiger partial charge >= 0.3 is 0 Å². The molecule has 4 heterocycles. The van der Waals surface area contributed by atoms with Gasteiger partial charge in [-0.25, -0.2) is 13.8 Å². The molecule has 1 saturated carbocycles. The fourth-order valence-corrected chi connectivity index (χ4v) is 4.26. The Balaban J connectivity index is 1.59. The molecule has 32 heavy (non-hydrogen) atoms. The molecule has 0 amide bonds. The van der Waals surface area contributed by atoms with Crippen molar-refractivity contribution in [3.63, 3.8) is 0 Å². The van der Waals surface area contributed by atoms with E-state index in [1.165, 1.54) is 6.07 Å². The Morgan fingerprint density at radius 3 is 2.78 bits per heavy atom. The third-order valence-electron chi connectivity index (χ3n) is 6.06. The summed E-state index contributed by atoms with van der Waals surface area (Å²) in [6, 6.07) is 3.31.